The molecule has 7 nitrogen and oxygen atoms in total. The van der Waals surface area contributed by atoms with E-state index in [-0.39, 0.29) is 15.7 Å². The van der Waals surface area contributed by atoms with Crippen molar-refractivity contribution in [1.29, 1.82) is 0 Å². The van der Waals surface area contributed by atoms with Crippen molar-refractivity contribution >= 4 is 32.2 Å². The summed E-state index contributed by atoms with van der Waals surface area (Å²) in [6, 6.07) is 12.9. The lowest BCUT2D eigenvalue weighted by molar-refractivity contribution is 0.102. The van der Waals surface area contributed by atoms with E-state index in [1.54, 1.807) is 48.8 Å². The van der Waals surface area contributed by atoms with Gasteiger partial charge < -0.3 is 4.74 Å². The number of anilines is 1. The minimum absolute atomic E-state index is 0.199. The van der Waals surface area contributed by atoms with Gasteiger partial charge >= 0.3 is 0 Å². The van der Waals surface area contributed by atoms with E-state index in [2.05, 4.69) is 15.3 Å². The summed E-state index contributed by atoms with van der Waals surface area (Å²) >= 11 is 1.31. The highest BCUT2D eigenvalue weighted by Gasteiger charge is 2.21. The van der Waals surface area contributed by atoms with Crippen molar-refractivity contribution in [2.24, 2.45) is 0 Å². The Balaban J connectivity index is 1.62. The molecular weight excluding hydrogens is 458 g/mol. The average molecular weight is 480 g/mol. The highest BCUT2D eigenvalue weighted by molar-refractivity contribution is 7.91. The second-order valence-corrected chi connectivity index (χ2v) is 10.1. The number of sulfone groups is 1. The molecule has 2 heterocycles. The number of nitrogens with zero attached hydrogens (tertiary/aromatic N) is 2. The van der Waals surface area contributed by atoms with Gasteiger partial charge in [0.05, 0.1) is 22.6 Å². The number of pyridine rings is 1. The number of aryl methyl sites for hydroxylation is 2. The monoisotopic (exact) mass is 479 g/mol. The Morgan fingerprint density at radius 1 is 0.970 bits per heavy atom. The first-order valence-electron chi connectivity index (χ1n) is 9.97. The predicted octanol–water partition coefficient (Wildman–Crippen LogP) is 4.92. The first kappa shape index (κ1) is 22.6. The Labute approximate surface area is 196 Å². The van der Waals surface area contributed by atoms with Crippen LogP contribution in [0.4, 0.5) is 5.13 Å². The molecule has 1 amide bonds. The number of amides is 1. The molecule has 4 rings (SSSR count). The second-order valence-electron chi connectivity index (χ2n) is 7.34. The number of carbonyl (C=O) groups is 1. The molecule has 0 aliphatic heterocycles. The Hall–Kier alpha value is -3.56. The predicted molar refractivity (Wildman–Crippen MR) is 128 cm³/mol. The standard InChI is InChI=1S/C24H21N3O4S2/c1-15-12-20(33(29,30)19-6-4-18(31-3)5-7-19)13-16(2)22(15)21-14-32-24(26-21)27-23(28)17-8-10-25-11-9-17/h4-14H,1-3H3,(H,26,27,28). The number of carbonyl (C=O) groups excluding carboxylic acids is 1. The van der Waals surface area contributed by atoms with Crippen LogP contribution >= 0.6 is 11.3 Å². The van der Waals surface area contributed by atoms with Gasteiger partial charge in [0.1, 0.15) is 5.75 Å². The molecule has 168 valence electrons. The second kappa shape index (κ2) is 9.13. The fraction of sp³-hybridized carbons (Fsp3) is 0.125. The number of hydrogen-bond donors (Lipinski definition) is 1. The molecule has 1 N–H and O–H groups in total. The molecule has 0 saturated heterocycles. The number of ether oxygens (including phenoxy) is 1. The third-order valence-electron chi connectivity index (χ3n) is 5.11. The number of thiazole rings is 1. The molecule has 0 fully saturated rings. The summed E-state index contributed by atoms with van der Waals surface area (Å²) in [5, 5.41) is 5.09. The van der Waals surface area contributed by atoms with Crippen LogP contribution in [0, 0.1) is 13.8 Å². The highest BCUT2D eigenvalue weighted by Crippen LogP contribution is 2.34. The maximum Gasteiger partial charge on any atom is 0.257 e. The van der Waals surface area contributed by atoms with Crippen LogP contribution < -0.4 is 10.1 Å². The average Bonchev–Trinajstić information content (AvgIpc) is 3.27. The maximum atomic E-state index is 13.1. The van der Waals surface area contributed by atoms with Gasteiger partial charge in [-0.25, -0.2) is 13.4 Å². The molecule has 33 heavy (non-hydrogen) atoms. The molecule has 9 heteroatoms. The van der Waals surface area contributed by atoms with Crippen molar-refractivity contribution in [3.8, 4) is 17.0 Å². The summed E-state index contributed by atoms with van der Waals surface area (Å²) in [5.74, 6) is 0.319. The molecule has 0 atom stereocenters. The van der Waals surface area contributed by atoms with Gasteiger partial charge in [-0.15, -0.1) is 11.3 Å². The van der Waals surface area contributed by atoms with Crippen LogP contribution in [0.3, 0.4) is 0 Å². The minimum Gasteiger partial charge on any atom is -0.497 e. The first-order chi connectivity index (χ1) is 15.8. The zero-order valence-electron chi connectivity index (χ0n) is 18.2. The minimum atomic E-state index is -3.68. The molecule has 4 aromatic rings. The normalized spacial score (nSPS) is 11.2. The molecule has 0 aliphatic carbocycles. The lowest BCUT2D eigenvalue weighted by Crippen LogP contribution is -2.11. The van der Waals surface area contributed by atoms with Crippen LogP contribution in [0.15, 0.2) is 76.1 Å². The summed E-state index contributed by atoms with van der Waals surface area (Å²) in [4.78, 5) is 21.2. The van der Waals surface area contributed by atoms with Gasteiger partial charge in [0.15, 0.2) is 5.13 Å². The number of methoxy groups -OCH3 is 1. The van der Waals surface area contributed by atoms with Crippen molar-refractivity contribution in [3.05, 3.63) is 83.0 Å². The third kappa shape index (κ3) is 4.64. The number of nitrogens with one attached hydrogen (secondary N) is 1. The molecule has 2 aromatic heterocycles. The molecular formula is C24H21N3O4S2. The Kier molecular flexibility index (Phi) is 6.26. The van der Waals surface area contributed by atoms with Gasteiger partial charge in [0, 0.05) is 28.9 Å². The molecule has 0 spiro atoms. The maximum absolute atomic E-state index is 13.1. The zero-order valence-corrected chi connectivity index (χ0v) is 19.8. The molecule has 0 bridgehead atoms. The Morgan fingerprint density at radius 3 is 2.21 bits per heavy atom. The topological polar surface area (TPSA) is 98.2 Å². The van der Waals surface area contributed by atoms with Crippen molar-refractivity contribution in [1.82, 2.24) is 9.97 Å². The van der Waals surface area contributed by atoms with Crippen LogP contribution in [0.2, 0.25) is 0 Å². The van der Waals surface area contributed by atoms with E-state index >= 15 is 0 Å². The van der Waals surface area contributed by atoms with Gasteiger partial charge in [-0.05, 0) is 73.5 Å². The van der Waals surface area contributed by atoms with Crippen LogP contribution in [0.1, 0.15) is 21.5 Å². The molecule has 2 aromatic carbocycles. The van der Waals surface area contributed by atoms with Gasteiger partial charge in [0.2, 0.25) is 9.84 Å². The van der Waals surface area contributed by atoms with Crippen LogP contribution in [-0.2, 0) is 9.84 Å². The van der Waals surface area contributed by atoms with Gasteiger partial charge in [-0.2, -0.15) is 0 Å². The van der Waals surface area contributed by atoms with Crippen molar-refractivity contribution < 1.29 is 17.9 Å². The summed E-state index contributed by atoms with van der Waals surface area (Å²) < 4.78 is 31.4. The zero-order chi connectivity index (χ0) is 23.6. The van der Waals surface area contributed by atoms with Crippen molar-refractivity contribution in [3.63, 3.8) is 0 Å². The molecule has 0 unspecified atom stereocenters. The fourth-order valence-corrected chi connectivity index (χ4v) is 5.62. The SMILES string of the molecule is COc1ccc(S(=O)(=O)c2cc(C)c(-c3csc(NC(=O)c4ccncc4)n3)c(C)c2)cc1. The van der Waals surface area contributed by atoms with Gasteiger partial charge in [0.25, 0.3) is 5.91 Å². The van der Waals surface area contributed by atoms with E-state index in [1.165, 1.54) is 30.6 Å². The molecule has 0 aliphatic rings. The van der Waals surface area contributed by atoms with E-state index in [4.69, 9.17) is 4.74 Å². The van der Waals surface area contributed by atoms with Crippen molar-refractivity contribution in [2.75, 3.05) is 12.4 Å². The molecule has 0 radical (unpaired) electrons. The number of hydrogen-bond acceptors (Lipinski definition) is 7. The van der Waals surface area contributed by atoms with E-state index in [0.717, 1.165) is 16.7 Å². The largest absolute Gasteiger partial charge is 0.497 e. The van der Waals surface area contributed by atoms with E-state index in [9.17, 15) is 13.2 Å². The highest BCUT2D eigenvalue weighted by atomic mass is 32.2. The van der Waals surface area contributed by atoms with Gasteiger partial charge in [-0.1, -0.05) is 0 Å². The van der Waals surface area contributed by atoms with E-state index in [0.29, 0.717) is 22.1 Å². The smallest absolute Gasteiger partial charge is 0.257 e. The molecule has 0 saturated carbocycles. The van der Waals surface area contributed by atoms with E-state index in [1.807, 2.05) is 19.2 Å². The first-order valence-corrected chi connectivity index (χ1v) is 12.3. The quantitative estimate of drug-likeness (QED) is 0.422. The van der Waals surface area contributed by atoms with Crippen molar-refractivity contribution in [2.45, 2.75) is 23.6 Å². The summed E-state index contributed by atoms with van der Waals surface area (Å²) in [5.41, 5.74) is 3.55. The third-order valence-corrected chi connectivity index (χ3v) is 7.62. The number of benzene rings is 2. The van der Waals surface area contributed by atoms with Crippen LogP contribution in [-0.4, -0.2) is 31.4 Å². The van der Waals surface area contributed by atoms with E-state index < -0.39 is 9.84 Å². The van der Waals surface area contributed by atoms with Crippen LogP contribution in [0.25, 0.3) is 11.3 Å². The fourth-order valence-electron chi connectivity index (χ4n) is 3.49. The lowest BCUT2D eigenvalue weighted by atomic mass is 10.0. The summed E-state index contributed by atoms with van der Waals surface area (Å²) in [6.45, 7) is 3.70. The Bertz CT molecular complexity index is 1390. The summed E-state index contributed by atoms with van der Waals surface area (Å²) in [7, 11) is -2.15. The van der Waals surface area contributed by atoms with Crippen LogP contribution in [0.5, 0.6) is 5.75 Å². The number of aromatic nitrogens is 2. The lowest BCUT2D eigenvalue weighted by Gasteiger charge is -2.12. The number of rotatable bonds is 6. The summed E-state index contributed by atoms with van der Waals surface area (Å²) in [6.07, 6.45) is 3.10. The Morgan fingerprint density at radius 2 is 1.61 bits per heavy atom. The van der Waals surface area contributed by atoms with Gasteiger partial charge in [-0.3, -0.25) is 15.1 Å².